The van der Waals surface area contributed by atoms with Gasteiger partial charge in [-0.05, 0) is 47.3 Å². The molecule has 3 aromatic carbocycles. The van der Waals surface area contributed by atoms with Crippen LogP contribution in [0.5, 0.6) is 11.5 Å². The van der Waals surface area contributed by atoms with Gasteiger partial charge in [-0.3, -0.25) is 4.79 Å². The van der Waals surface area contributed by atoms with Crippen LogP contribution in [0.25, 0.3) is 10.7 Å². The van der Waals surface area contributed by atoms with E-state index in [2.05, 4.69) is 15.5 Å². The first-order valence-corrected chi connectivity index (χ1v) is 11.2. The Labute approximate surface area is 194 Å². The molecule has 0 atom stereocenters. The van der Waals surface area contributed by atoms with Crippen LogP contribution in [0.3, 0.4) is 0 Å². The number of nitrogens with one attached hydrogen (secondary N) is 1. The molecule has 0 aliphatic rings. The van der Waals surface area contributed by atoms with Gasteiger partial charge in [-0.15, -0.1) is 11.3 Å². The minimum absolute atomic E-state index is 0.265. The number of thiophene rings is 1. The highest BCUT2D eigenvalue weighted by atomic mass is 32.1. The Hall–Kier alpha value is -4.23. The molecule has 0 aliphatic heterocycles. The van der Waals surface area contributed by atoms with Gasteiger partial charge in [0.1, 0.15) is 11.5 Å². The quantitative estimate of drug-likeness (QED) is 0.307. The number of nitrogens with zero attached hydrogens (tertiary/aromatic N) is 2. The van der Waals surface area contributed by atoms with Crippen molar-refractivity contribution in [3.63, 3.8) is 0 Å². The number of para-hydroxylation sites is 3. The molecule has 0 saturated carbocycles. The fourth-order valence-corrected chi connectivity index (χ4v) is 3.99. The van der Waals surface area contributed by atoms with Crippen LogP contribution in [0.15, 0.2) is 101 Å². The zero-order valence-corrected chi connectivity index (χ0v) is 18.3. The molecule has 162 valence electrons. The van der Waals surface area contributed by atoms with Crippen molar-refractivity contribution in [2.45, 2.75) is 6.42 Å². The first-order chi connectivity index (χ1) is 16.3. The molecule has 5 aromatic rings. The van der Waals surface area contributed by atoms with E-state index in [0.717, 1.165) is 10.4 Å². The summed E-state index contributed by atoms with van der Waals surface area (Å²) >= 11 is 1.55. The van der Waals surface area contributed by atoms with Crippen molar-refractivity contribution < 1.29 is 14.1 Å². The third-order valence-corrected chi connectivity index (χ3v) is 5.79. The number of hydrogen-bond donors (Lipinski definition) is 1. The van der Waals surface area contributed by atoms with Gasteiger partial charge in [-0.25, -0.2) is 0 Å². The van der Waals surface area contributed by atoms with Gasteiger partial charge < -0.3 is 14.6 Å². The van der Waals surface area contributed by atoms with E-state index in [1.165, 1.54) is 0 Å². The summed E-state index contributed by atoms with van der Waals surface area (Å²) in [6.07, 6.45) is 0.400. The smallest absolute Gasteiger partial charge is 0.259 e. The van der Waals surface area contributed by atoms with E-state index in [1.54, 1.807) is 23.5 Å². The Kier molecular flexibility index (Phi) is 5.95. The molecule has 0 fully saturated rings. The summed E-state index contributed by atoms with van der Waals surface area (Å²) in [5.41, 5.74) is 1.98. The summed E-state index contributed by atoms with van der Waals surface area (Å²) < 4.78 is 11.4. The predicted octanol–water partition coefficient (Wildman–Crippen LogP) is 6.43. The van der Waals surface area contributed by atoms with Crippen LogP contribution in [0.1, 0.15) is 21.8 Å². The monoisotopic (exact) mass is 453 g/mol. The van der Waals surface area contributed by atoms with Crippen LogP contribution in [0, 0.1) is 0 Å². The molecule has 0 bridgehead atoms. The third-order valence-electron chi connectivity index (χ3n) is 4.92. The van der Waals surface area contributed by atoms with Crippen LogP contribution >= 0.6 is 11.3 Å². The van der Waals surface area contributed by atoms with Crippen LogP contribution in [-0.2, 0) is 6.42 Å². The topological polar surface area (TPSA) is 77.3 Å². The van der Waals surface area contributed by atoms with Crippen molar-refractivity contribution in [2.75, 3.05) is 5.32 Å². The highest BCUT2D eigenvalue weighted by Crippen LogP contribution is 2.27. The Morgan fingerprint density at radius 1 is 0.909 bits per heavy atom. The van der Waals surface area contributed by atoms with Gasteiger partial charge in [0.25, 0.3) is 5.91 Å². The number of anilines is 1. The Morgan fingerprint density at radius 2 is 1.70 bits per heavy atom. The van der Waals surface area contributed by atoms with Gasteiger partial charge in [0.05, 0.1) is 16.9 Å². The lowest BCUT2D eigenvalue weighted by Crippen LogP contribution is -2.14. The average Bonchev–Trinajstić information content (AvgIpc) is 3.54. The molecule has 0 spiro atoms. The summed E-state index contributed by atoms with van der Waals surface area (Å²) in [6, 6.07) is 28.0. The Balaban J connectivity index is 1.35. The molecule has 2 heterocycles. The normalized spacial score (nSPS) is 10.7. The molecule has 2 aromatic heterocycles. The van der Waals surface area contributed by atoms with E-state index in [1.807, 2.05) is 84.2 Å². The number of carbonyl (C=O) groups is 1. The maximum absolute atomic E-state index is 13.1. The SMILES string of the molecule is O=C(Nc1ccccc1Cc1nc(-c2cccs2)no1)c1ccccc1Oc1ccccc1. The maximum Gasteiger partial charge on any atom is 0.259 e. The third kappa shape index (κ3) is 4.83. The molecular weight excluding hydrogens is 434 g/mol. The van der Waals surface area contributed by atoms with Crippen LogP contribution < -0.4 is 10.1 Å². The number of hydrogen-bond acceptors (Lipinski definition) is 6. The Morgan fingerprint density at radius 3 is 2.55 bits per heavy atom. The fourth-order valence-electron chi connectivity index (χ4n) is 3.34. The molecule has 0 saturated heterocycles. The number of amides is 1. The first-order valence-electron chi connectivity index (χ1n) is 10.3. The van der Waals surface area contributed by atoms with Crippen LogP contribution in [0.2, 0.25) is 0 Å². The molecule has 33 heavy (non-hydrogen) atoms. The van der Waals surface area contributed by atoms with Gasteiger partial charge >= 0.3 is 0 Å². The lowest BCUT2D eigenvalue weighted by molar-refractivity contribution is 0.102. The highest BCUT2D eigenvalue weighted by molar-refractivity contribution is 7.13. The van der Waals surface area contributed by atoms with E-state index in [9.17, 15) is 4.79 Å². The fraction of sp³-hybridized carbons (Fsp3) is 0.0385. The molecule has 1 amide bonds. The lowest BCUT2D eigenvalue weighted by Gasteiger charge is -2.13. The molecule has 0 radical (unpaired) electrons. The van der Waals surface area contributed by atoms with Crippen LogP contribution in [0.4, 0.5) is 5.69 Å². The highest BCUT2D eigenvalue weighted by Gasteiger charge is 2.16. The molecule has 1 N–H and O–H groups in total. The molecule has 5 rings (SSSR count). The number of aromatic nitrogens is 2. The standard InChI is InChI=1S/C26H19N3O3S/c30-26(20-12-5-7-14-22(20)31-19-10-2-1-3-11-19)27-21-13-6-4-9-18(21)17-24-28-25(29-32-24)23-15-8-16-33-23/h1-16H,17H2,(H,27,30). The zero-order valence-electron chi connectivity index (χ0n) is 17.5. The van der Waals surface area contributed by atoms with Crippen molar-refractivity contribution in [2.24, 2.45) is 0 Å². The second-order valence-corrected chi connectivity index (χ2v) is 8.14. The molecule has 0 aliphatic carbocycles. The predicted molar refractivity (Wildman–Crippen MR) is 128 cm³/mol. The number of ether oxygens (including phenoxy) is 1. The Bertz CT molecular complexity index is 1360. The van der Waals surface area contributed by atoms with Crippen molar-refractivity contribution >= 4 is 22.9 Å². The maximum atomic E-state index is 13.1. The second kappa shape index (κ2) is 9.50. The van der Waals surface area contributed by atoms with Crippen molar-refractivity contribution in [3.8, 4) is 22.2 Å². The minimum Gasteiger partial charge on any atom is -0.457 e. The summed E-state index contributed by atoms with van der Waals surface area (Å²) in [5, 5.41) is 9.03. The van der Waals surface area contributed by atoms with E-state index in [-0.39, 0.29) is 5.91 Å². The average molecular weight is 454 g/mol. The van der Waals surface area contributed by atoms with Crippen molar-refractivity contribution in [3.05, 3.63) is 113 Å². The zero-order chi connectivity index (χ0) is 22.5. The van der Waals surface area contributed by atoms with E-state index >= 15 is 0 Å². The van der Waals surface area contributed by atoms with Gasteiger partial charge in [-0.1, -0.05) is 59.8 Å². The molecular formula is C26H19N3O3S. The summed E-state index contributed by atoms with van der Waals surface area (Å²) in [7, 11) is 0. The lowest BCUT2D eigenvalue weighted by atomic mass is 10.1. The molecule has 7 heteroatoms. The number of carbonyl (C=O) groups excluding carboxylic acids is 1. The molecule has 6 nitrogen and oxygen atoms in total. The van der Waals surface area contributed by atoms with Crippen LogP contribution in [-0.4, -0.2) is 16.0 Å². The largest absolute Gasteiger partial charge is 0.457 e. The van der Waals surface area contributed by atoms with Crippen molar-refractivity contribution in [1.29, 1.82) is 0 Å². The van der Waals surface area contributed by atoms with E-state index in [4.69, 9.17) is 9.26 Å². The van der Waals surface area contributed by atoms with Gasteiger partial charge in [0.15, 0.2) is 0 Å². The number of rotatable bonds is 7. The van der Waals surface area contributed by atoms with Crippen molar-refractivity contribution in [1.82, 2.24) is 10.1 Å². The van der Waals surface area contributed by atoms with E-state index in [0.29, 0.717) is 40.9 Å². The van der Waals surface area contributed by atoms with Gasteiger partial charge in [-0.2, -0.15) is 4.98 Å². The number of benzene rings is 3. The molecule has 0 unspecified atom stereocenters. The van der Waals surface area contributed by atoms with Gasteiger partial charge in [0.2, 0.25) is 11.7 Å². The second-order valence-electron chi connectivity index (χ2n) is 7.19. The summed E-state index contributed by atoms with van der Waals surface area (Å²) in [5.74, 6) is 1.92. The summed E-state index contributed by atoms with van der Waals surface area (Å²) in [6.45, 7) is 0. The minimum atomic E-state index is -0.265. The van der Waals surface area contributed by atoms with Gasteiger partial charge in [0, 0.05) is 5.69 Å². The van der Waals surface area contributed by atoms with E-state index < -0.39 is 0 Å². The first kappa shape index (κ1) is 20.7. The summed E-state index contributed by atoms with van der Waals surface area (Å²) in [4.78, 5) is 18.6.